The average molecular weight is 279 g/mol. The molecule has 1 aromatic carbocycles. The highest BCUT2D eigenvalue weighted by Gasteiger charge is 2.16. The van der Waals surface area contributed by atoms with Gasteiger partial charge in [-0.2, -0.15) is 11.8 Å². The topological polar surface area (TPSA) is 35.6 Å². The van der Waals surface area contributed by atoms with Crippen LogP contribution >= 0.6 is 11.8 Å². The standard InChI is InChI=1S/C14H21N3OS/c1-16-7-9-17(10-8-16)15-14(18)13-5-3-12(4-6-13)11-19-2/h3-6H,7-11H2,1-2H3,(H,15,18). The van der Waals surface area contributed by atoms with Crippen molar-refractivity contribution >= 4 is 17.7 Å². The number of nitrogens with one attached hydrogen (secondary N) is 1. The summed E-state index contributed by atoms with van der Waals surface area (Å²) in [4.78, 5) is 14.4. The summed E-state index contributed by atoms with van der Waals surface area (Å²) in [5.74, 6) is 0.973. The summed E-state index contributed by atoms with van der Waals surface area (Å²) < 4.78 is 0. The number of amides is 1. The average Bonchev–Trinajstić information content (AvgIpc) is 2.42. The summed E-state index contributed by atoms with van der Waals surface area (Å²) in [5.41, 5.74) is 4.95. The molecule has 4 nitrogen and oxygen atoms in total. The smallest absolute Gasteiger partial charge is 0.265 e. The van der Waals surface area contributed by atoms with Crippen molar-refractivity contribution in [3.8, 4) is 0 Å². The molecule has 0 spiro atoms. The van der Waals surface area contributed by atoms with E-state index in [-0.39, 0.29) is 5.91 Å². The van der Waals surface area contributed by atoms with Crippen LogP contribution < -0.4 is 5.43 Å². The molecule has 0 atom stereocenters. The monoisotopic (exact) mass is 279 g/mol. The Labute approximate surface area is 119 Å². The molecule has 1 fully saturated rings. The van der Waals surface area contributed by atoms with Crippen molar-refractivity contribution in [2.24, 2.45) is 0 Å². The molecule has 2 rings (SSSR count). The fourth-order valence-electron chi connectivity index (χ4n) is 2.05. The summed E-state index contributed by atoms with van der Waals surface area (Å²) >= 11 is 1.78. The summed E-state index contributed by atoms with van der Waals surface area (Å²) in [6.07, 6.45) is 2.08. The third kappa shape index (κ3) is 4.23. The summed E-state index contributed by atoms with van der Waals surface area (Å²) in [6.45, 7) is 3.75. The third-order valence-electron chi connectivity index (χ3n) is 3.29. The summed E-state index contributed by atoms with van der Waals surface area (Å²) in [7, 11) is 2.10. The lowest BCUT2D eigenvalue weighted by Gasteiger charge is -2.32. The molecule has 1 aromatic rings. The Bertz CT molecular complexity index is 413. The maximum Gasteiger partial charge on any atom is 0.265 e. The Kier molecular flexibility index (Phi) is 5.24. The van der Waals surface area contributed by atoms with Crippen LogP contribution in [0.15, 0.2) is 24.3 Å². The largest absolute Gasteiger partial charge is 0.304 e. The fraction of sp³-hybridized carbons (Fsp3) is 0.500. The van der Waals surface area contributed by atoms with Crippen molar-refractivity contribution < 1.29 is 4.79 Å². The lowest BCUT2D eigenvalue weighted by Crippen LogP contribution is -2.52. The maximum absolute atomic E-state index is 12.1. The first-order valence-corrected chi connectivity index (χ1v) is 7.91. The summed E-state index contributed by atoms with van der Waals surface area (Å²) in [6, 6.07) is 7.85. The zero-order valence-electron chi connectivity index (χ0n) is 11.6. The first-order valence-electron chi connectivity index (χ1n) is 6.51. The van der Waals surface area contributed by atoms with Crippen LogP contribution in [0.1, 0.15) is 15.9 Å². The van der Waals surface area contributed by atoms with Gasteiger partial charge in [0.15, 0.2) is 0 Å². The Morgan fingerprint density at radius 3 is 2.42 bits per heavy atom. The highest BCUT2D eigenvalue weighted by atomic mass is 32.2. The van der Waals surface area contributed by atoms with Gasteiger partial charge in [-0.25, -0.2) is 5.01 Å². The molecule has 19 heavy (non-hydrogen) atoms. The van der Waals surface area contributed by atoms with Gasteiger partial charge in [0.25, 0.3) is 5.91 Å². The molecule has 1 saturated heterocycles. The minimum Gasteiger partial charge on any atom is -0.304 e. The highest BCUT2D eigenvalue weighted by Crippen LogP contribution is 2.10. The van der Waals surface area contributed by atoms with E-state index in [0.717, 1.165) is 37.5 Å². The number of thioether (sulfide) groups is 1. The molecule has 0 aromatic heterocycles. The van der Waals surface area contributed by atoms with Crippen LogP contribution in [0.25, 0.3) is 0 Å². The van der Waals surface area contributed by atoms with Crippen LogP contribution in [0, 0.1) is 0 Å². The minimum absolute atomic E-state index is 0.0137. The van der Waals surface area contributed by atoms with Crippen molar-refractivity contribution in [3.05, 3.63) is 35.4 Å². The number of benzene rings is 1. The van der Waals surface area contributed by atoms with E-state index in [2.05, 4.69) is 23.6 Å². The molecule has 0 aliphatic carbocycles. The highest BCUT2D eigenvalue weighted by molar-refractivity contribution is 7.97. The molecule has 0 unspecified atom stereocenters. The number of carbonyl (C=O) groups is 1. The van der Waals surface area contributed by atoms with Crippen LogP contribution in [0.4, 0.5) is 0 Å². The van der Waals surface area contributed by atoms with Gasteiger partial charge < -0.3 is 4.90 Å². The van der Waals surface area contributed by atoms with Crippen molar-refractivity contribution in [1.29, 1.82) is 0 Å². The molecule has 1 N–H and O–H groups in total. The zero-order valence-corrected chi connectivity index (χ0v) is 12.4. The van der Waals surface area contributed by atoms with E-state index in [9.17, 15) is 4.79 Å². The lowest BCUT2D eigenvalue weighted by atomic mass is 10.1. The molecule has 0 radical (unpaired) electrons. The van der Waals surface area contributed by atoms with Gasteiger partial charge in [0.05, 0.1) is 0 Å². The van der Waals surface area contributed by atoms with Gasteiger partial charge in [0.1, 0.15) is 0 Å². The van der Waals surface area contributed by atoms with Gasteiger partial charge in [0, 0.05) is 37.5 Å². The fourth-order valence-corrected chi connectivity index (χ4v) is 2.57. The molecule has 104 valence electrons. The van der Waals surface area contributed by atoms with E-state index in [0.29, 0.717) is 0 Å². The Hall–Kier alpha value is -1.04. The van der Waals surface area contributed by atoms with E-state index in [1.54, 1.807) is 11.8 Å². The predicted molar refractivity (Wildman–Crippen MR) is 80.2 cm³/mol. The van der Waals surface area contributed by atoms with Crippen LogP contribution in [0.3, 0.4) is 0 Å². The van der Waals surface area contributed by atoms with Crippen molar-refractivity contribution in [2.75, 3.05) is 39.5 Å². The van der Waals surface area contributed by atoms with E-state index in [1.807, 2.05) is 29.3 Å². The van der Waals surface area contributed by atoms with Crippen LogP contribution in [0.5, 0.6) is 0 Å². The molecule has 1 amide bonds. The molecular weight excluding hydrogens is 258 g/mol. The van der Waals surface area contributed by atoms with Crippen LogP contribution in [-0.2, 0) is 5.75 Å². The van der Waals surface area contributed by atoms with Crippen LogP contribution in [-0.4, -0.2) is 55.3 Å². The molecule has 0 saturated carbocycles. The van der Waals surface area contributed by atoms with Gasteiger partial charge in [-0.05, 0) is 31.0 Å². The SMILES string of the molecule is CSCc1ccc(C(=O)NN2CCN(C)CC2)cc1. The molecule has 5 heteroatoms. The van der Waals surface area contributed by atoms with Gasteiger partial charge in [-0.1, -0.05) is 12.1 Å². The molecule has 0 bridgehead atoms. The van der Waals surface area contributed by atoms with E-state index >= 15 is 0 Å². The second-order valence-electron chi connectivity index (χ2n) is 4.86. The van der Waals surface area contributed by atoms with Gasteiger partial charge in [-0.15, -0.1) is 0 Å². The lowest BCUT2D eigenvalue weighted by molar-refractivity contribution is 0.0662. The Morgan fingerprint density at radius 1 is 1.21 bits per heavy atom. The number of rotatable bonds is 4. The number of piperazine rings is 1. The van der Waals surface area contributed by atoms with E-state index in [4.69, 9.17) is 0 Å². The number of nitrogens with zero attached hydrogens (tertiary/aromatic N) is 2. The van der Waals surface area contributed by atoms with Crippen molar-refractivity contribution in [1.82, 2.24) is 15.3 Å². The first kappa shape index (κ1) is 14.4. The van der Waals surface area contributed by atoms with E-state index in [1.165, 1.54) is 5.56 Å². The number of hydrogen-bond donors (Lipinski definition) is 1. The quantitative estimate of drug-likeness (QED) is 0.905. The number of hydrogen-bond acceptors (Lipinski definition) is 4. The van der Waals surface area contributed by atoms with Crippen molar-refractivity contribution in [2.45, 2.75) is 5.75 Å². The van der Waals surface area contributed by atoms with E-state index < -0.39 is 0 Å². The second-order valence-corrected chi connectivity index (χ2v) is 5.73. The normalized spacial score (nSPS) is 17.4. The molecular formula is C14H21N3OS. The Morgan fingerprint density at radius 2 is 1.84 bits per heavy atom. The maximum atomic E-state index is 12.1. The minimum atomic E-state index is -0.0137. The van der Waals surface area contributed by atoms with Crippen LogP contribution in [0.2, 0.25) is 0 Å². The van der Waals surface area contributed by atoms with Crippen molar-refractivity contribution in [3.63, 3.8) is 0 Å². The number of hydrazine groups is 1. The number of likely N-dealkylation sites (N-methyl/N-ethyl adjacent to an activating group) is 1. The van der Waals surface area contributed by atoms with Gasteiger partial charge >= 0.3 is 0 Å². The zero-order chi connectivity index (χ0) is 13.7. The third-order valence-corrected chi connectivity index (χ3v) is 3.91. The molecule has 1 aliphatic rings. The van der Waals surface area contributed by atoms with Gasteiger partial charge in [-0.3, -0.25) is 10.2 Å². The second kappa shape index (κ2) is 6.93. The Balaban J connectivity index is 1.88. The number of carbonyl (C=O) groups excluding carboxylic acids is 1. The predicted octanol–water partition coefficient (Wildman–Crippen LogP) is 1.44. The molecule has 1 heterocycles. The summed E-state index contributed by atoms with van der Waals surface area (Å²) in [5, 5.41) is 2.00. The van der Waals surface area contributed by atoms with Gasteiger partial charge in [0.2, 0.25) is 0 Å². The molecule has 1 aliphatic heterocycles. The first-order chi connectivity index (χ1) is 9.19.